The van der Waals surface area contributed by atoms with Crippen molar-refractivity contribution in [3.05, 3.63) is 95.9 Å². The fourth-order valence-electron chi connectivity index (χ4n) is 4.28. The lowest BCUT2D eigenvalue weighted by molar-refractivity contribution is -0.159. The summed E-state index contributed by atoms with van der Waals surface area (Å²) in [5, 5.41) is 21.1. The molecule has 0 saturated carbocycles. The van der Waals surface area contributed by atoms with E-state index in [-0.39, 0.29) is 5.91 Å². The lowest BCUT2D eigenvalue weighted by atomic mass is 10.1. The van der Waals surface area contributed by atoms with Gasteiger partial charge in [0.2, 0.25) is 5.95 Å². The number of likely N-dealkylation sites (N-methyl/N-ethyl adjacent to an activating group) is 1. The number of anilines is 3. The molecule has 1 aliphatic heterocycles. The molecule has 0 unspecified atom stereocenters. The number of nitrogens with zero attached hydrogens (tertiary/aromatic N) is 5. The summed E-state index contributed by atoms with van der Waals surface area (Å²) in [5.74, 6) is -3.32. The number of rotatable bonds is 7. The number of carbonyl (C=O) groups excluding carboxylic acids is 1. The molecule has 43 heavy (non-hydrogen) atoms. The fourth-order valence-corrected chi connectivity index (χ4v) is 4.28. The molecule has 12 heteroatoms. The summed E-state index contributed by atoms with van der Waals surface area (Å²) >= 11 is 0. The number of benzene rings is 2. The molecule has 1 aliphatic rings. The van der Waals surface area contributed by atoms with Crippen LogP contribution in [0.5, 0.6) is 0 Å². The van der Waals surface area contributed by atoms with Gasteiger partial charge in [0.15, 0.2) is 0 Å². The number of carboxylic acids is 2. The van der Waals surface area contributed by atoms with E-state index >= 15 is 0 Å². The number of amides is 1. The Hall–Kier alpha value is -5.20. The van der Waals surface area contributed by atoms with Gasteiger partial charge >= 0.3 is 11.9 Å². The van der Waals surface area contributed by atoms with Crippen LogP contribution >= 0.6 is 0 Å². The molecule has 1 amide bonds. The second-order valence-electron chi connectivity index (χ2n) is 10.0. The summed E-state index contributed by atoms with van der Waals surface area (Å²) in [7, 11) is 2.16. The summed E-state index contributed by atoms with van der Waals surface area (Å²) < 4.78 is 0. The average Bonchev–Trinajstić information content (AvgIpc) is 3.01. The van der Waals surface area contributed by atoms with Gasteiger partial charge in [-0.3, -0.25) is 14.7 Å². The van der Waals surface area contributed by atoms with E-state index < -0.39 is 11.9 Å². The number of carbonyl (C=O) groups is 3. The summed E-state index contributed by atoms with van der Waals surface area (Å²) in [6.07, 6.45) is 5.22. The van der Waals surface area contributed by atoms with Crippen molar-refractivity contribution in [2.45, 2.75) is 13.5 Å². The molecular weight excluding hydrogens is 550 g/mol. The van der Waals surface area contributed by atoms with Crippen molar-refractivity contribution in [3.63, 3.8) is 0 Å². The Bertz CT molecular complexity index is 1540. The van der Waals surface area contributed by atoms with E-state index in [0.717, 1.165) is 55.2 Å². The van der Waals surface area contributed by atoms with Crippen LogP contribution in [0.4, 0.5) is 17.3 Å². The number of pyridine rings is 1. The van der Waals surface area contributed by atoms with Gasteiger partial charge in [0, 0.05) is 73.8 Å². The molecule has 0 bridgehead atoms. The molecule has 2 aromatic heterocycles. The van der Waals surface area contributed by atoms with Crippen molar-refractivity contribution in [1.29, 1.82) is 0 Å². The van der Waals surface area contributed by atoms with Gasteiger partial charge in [-0.05, 0) is 67.6 Å². The molecule has 4 N–H and O–H groups in total. The predicted molar refractivity (Wildman–Crippen MR) is 162 cm³/mol. The van der Waals surface area contributed by atoms with Gasteiger partial charge in [-0.15, -0.1) is 0 Å². The Morgan fingerprint density at radius 3 is 2.28 bits per heavy atom. The Morgan fingerprint density at radius 2 is 1.63 bits per heavy atom. The zero-order valence-electron chi connectivity index (χ0n) is 23.9. The van der Waals surface area contributed by atoms with Crippen molar-refractivity contribution < 1.29 is 24.6 Å². The number of aliphatic carboxylic acids is 2. The highest BCUT2D eigenvalue weighted by Crippen LogP contribution is 2.24. The third-order valence-electron chi connectivity index (χ3n) is 6.76. The molecule has 5 rings (SSSR count). The molecule has 1 saturated heterocycles. The van der Waals surface area contributed by atoms with Crippen LogP contribution in [0.15, 0.2) is 79.3 Å². The Labute approximate surface area is 249 Å². The number of aromatic nitrogens is 3. The summed E-state index contributed by atoms with van der Waals surface area (Å²) in [6, 6.07) is 19.3. The van der Waals surface area contributed by atoms with Gasteiger partial charge in [0.25, 0.3) is 5.91 Å². The number of aryl methyl sites for hydroxylation is 1. The van der Waals surface area contributed by atoms with Crippen molar-refractivity contribution in [2.24, 2.45) is 0 Å². The monoisotopic (exact) mass is 583 g/mol. The van der Waals surface area contributed by atoms with Gasteiger partial charge in [0.05, 0.1) is 5.69 Å². The molecule has 0 atom stereocenters. The molecule has 0 spiro atoms. The van der Waals surface area contributed by atoms with E-state index in [1.54, 1.807) is 18.6 Å². The number of piperazine rings is 1. The van der Waals surface area contributed by atoms with Gasteiger partial charge in [0.1, 0.15) is 0 Å². The minimum atomic E-state index is -1.82. The molecular formula is C31H33N7O5. The lowest BCUT2D eigenvalue weighted by Crippen LogP contribution is -2.43. The molecule has 12 nitrogen and oxygen atoms in total. The fraction of sp³-hybridized carbons (Fsp3) is 0.226. The molecule has 222 valence electrons. The normalized spacial score (nSPS) is 13.3. The van der Waals surface area contributed by atoms with Gasteiger partial charge in [-0.25, -0.2) is 19.6 Å². The van der Waals surface area contributed by atoms with Gasteiger partial charge in [-0.2, -0.15) is 0 Å². The van der Waals surface area contributed by atoms with Crippen molar-refractivity contribution in [3.8, 4) is 11.3 Å². The number of hydrogen-bond donors (Lipinski definition) is 4. The van der Waals surface area contributed by atoms with Crippen LogP contribution < -0.4 is 10.6 Å². The smallest absolute Gasteiger partial charge is 0.414 e. The van der Waals surface area contributed by atoms with Crippen LogP contribution in [0.3, 0.4) is 0 Å². The molecule has 3 heterocycles. The van der Waals surface area contributed by atoms with Gasteiger partial charge in [-0.1, -0.05) is 18.2 Å². The second kappa shape index (κ2) is 14.6. The summed E-state index contributed by atoms with van der Waals surface area (Å²) in [6.45, 7) is 7.24. The van der Waals surface area contributed by atoms with E-state index in [1.165, 1.54) is 5.56 Å². The largest absolute Gasteiger partial charge is 0.473 e. The first-order chi connectivity index (χ1) is 20.7. The molecule has 1 fully saturated rings. The Morgan fingerprint density at radius 1 is 0.907 bits per heavy atom. The van der Waals surface area contributed by atoms with E-state index in [0.29, 0.717) is 17.2 Å². The quantitative estimate of drug-likeness (QED) is 0.235. The maximum absolute atomic E-state index is 12.9. The van der Waals surface area contributed by atoms with E-state index in [2.05, 4.69) is 42.4 Å². The molecule has 2 aromatic carbocycles. The maximum Gasteiger partial charge on any atom is 0.414 e. The second-order valence-corrected chi connectivity index (χ2v) is 10.0. The highest BCUT2D eigenvalue weighted by molar-refractivity contribution is 6.27. The number of hydrogen-bond acceptors (Lipinski definition) is 9. The van der Waals surface area contributed by atoms with Crippen molar-refractivity contribution in [2.75, 3.05) is 43.9 Å². The zero-order valence-corrected chi connectivity index (χ0v) is 23.9. The summed E-state index contributed by atoms with van der Waals surface area (Å²) in [5.41, 5.74) is 6.08. The molecule has 4 aromatic rings. The van der Waals surface area contributed by atoms with Crippen LogP contribution in [0.25, 0.3) is 11.3 Å². The Kier molecular flexibility index (Phi) is 10.5. The lowest BCUT2D eigenvalue weighted by Gasteiger charge is -2.32. The highest BCUT2D eigenvalue weighted by atomic mass is 16.4. The standard InChI is InChI=1S/C29H31N7O.C2H2O4/c1-21-5-10-25(18-27(21)34-29-31-13-11-26(33-29)24-4-3-12-30-19-24)32-28(37)23-8-6-22(7-9-23)20-36-16-14-35(2)15-17-36;3-1(4)2(5)6/h3-13,18-19H,14-17,20H2,1-2H3,(H,32,37)(H,31,33,34);(H,3,4)(H,5,6). The van der Waals surface area contributed by atoms with Crippen molar-refractivity contribution in [1.82, 2.24) is 24.8 Å². The van der Waals surface area contributed by atoms with E-state index in [9.17, 15) is 4.79 Å². The van der Waals surface area contributed by atoms with Gasteiger partial charge < -0.3 is 25.7 Å². The first kappa shape index (κ1) is 30.8. The van der Waals surface area contributed by atoms with Crippen molar-refractivity contribution >= 4 is 35.2 Å². The number of carboxylic acid groups (broad SMARTS) is 2. The average molecular weight is 584 g/mol. The van der Waals surface area contributed by atoms with Crippen LogP contribution in [-0.2, 0) is 16.1 Å². The summed E-state index contributed by atoms with van der Waals surface area (Å²) in [4.78, 5) is 49.1. The van der Waals surface area contributed by atoms with Crippen LogP contribution in [0.2, 0.25) is 0 Å². The first-order valence-electron chi connectivity index (χ1n) is 13.6. The van der Waals surface area contributed by atoms with Crippen LogP contribution in [0.1, 0.15) is 21.5 Å². The minimum absolute atomic E-state index is 0.143. The molecule has 0 radical (unpaired) electrons. The first-order valence-corrected chi connectivity index (χ1v) is 13.6. The SMILES string of the molecule is Cc1ccc(NC(=O)c2ccc(CN3CCN(C)CC3)cc2)cc1Nc1nccc(-c2cccnc2)n1.O=C(O)C(=O)O. The third kappa shape index (κ3) is 9.15. The van der Waals surface area contributed by atoms with E-state index in [1.807, 2.05) is 67.6 Å². The maximum atomic E-state index is 12.9. The van der Waals surface area contributed by atoms with Crippen LogP contribution in [0, 0.1) is 6.92 Å². The Balaban J connectivity index is 0.000000641. The predicted octanol–water partition coefficient (Wildman–Crippen LogP) is 3.75. The minimum Gasteiger partial charge on any atom is -0.473 e. The van der Waals surface area contributed by atoms with Crippen LogP contribution in [-0.4, -0.2) is 86.0 Å². The topological polar surface area (TPSA) is 161 Å². The number of nitrogens with one attached hydrogen (secondary N) is 2. The molecule has 0 aliphatic carbocycles. The zero-order chi connectivity index (χ0) is 30.8. The third-order valence-corrected chi connectivity index (χ3v) is 6.76. The highest BCUT2D eigenvalue weighted by Gasteiger charge is 2.14. The van der Waals surface area contributed by atoms with E-state index in [4.69, 9.17) is 19.8 Å².